The fourth-order valence-electron chi connectivity index (χ4n) is 6.82. The molecular weight excluding hydrogens is 1000 g/mol. The number of aromatic amines is 1. The van der Waals surface area contributed by atoms with Crippen LogP contribution in [0.5, 0.6) is 23.0 Å². The number of hydrogen-bond acceptors (Lipinski definition) is 17. The van der Waals surface area contributed by atoms with Crippen LogP contribution in [0.2, 0.25) is 0 Å². The topological polar surface area (TPSA) is 263 Å². The minimum Gasteiger partial charge on any atom is -0.454 e. The Labute approximate surface area is 385 Å². The van der Waals surface area contributed by atoms with Gasteiger partial charge in [0.25, 0.3) is 11.4 Å². The van der Waals surface area contributed by atoms with Crippen molar-refractivity contribution in [3.63, 3.8) is 0 Å². The lowest BCUT2D eigenvalue weighted by molar-refractivity contribution is -0.385. The van der Waals surface area contributed by atoms with Gasteiger partial charge in [-0.05, 0) is 69.0 Å². The highest BCUT2D eigenvalue weighted by Crippen LogP contribution is 2.44. The third-order valence-corrected chi connectivity index (χ3v) is 13.7. The molecule has 4 N–H and O–H groups in total. The maximum absolute atomic E-state index is 11.4. The third-order valence-electron chi connectivity index (χ3n) is 9.89. The van der Waals surface area contributed by atoms with Crippen molar-refractivity contribution in [3.8, 4) is 23.0 Å². The number of H-pyrrole nitrogens is 1. The van der Waals surface area contributed by atoms with E-state index < -0.39 is 0 Å². The summed E-state index contributed by atoms with van der Waals surface area (Å²) >= 11 is 9.89. The molecule has 0 aliphatic carbocycles. The Morgan fingerprint density at radius 2 is 1.31 bits per heavy atom. The maximum atomic E-state index is 11.4. The van der Waals surface area contributed by atoms with E-state index >= 15 is 0 Å². The number of fused-ring (bicyclic) bond motifs is 4. The summed E-state index contributed by atoms with van der Waals surface area (Å²) in [6, 6.07) is 20.8. The van der Waals surface area contributed by atoms with Gasteiger partial charge in [0, 0.05) is 55.1 Å². The number of aryl methyl sites for hydroxylation is 4. The molecule has 0 radical (unpaired) electrons. The van der Waals surface area contributed by atoms with E-state index in [2.05, 4.69) is 61.8 Å². The average Bonchev–Trinajstić information content (AvgIpc) is 4.10. The number of nitrogen functional groups attached to an aromatic ring is 1. The van der Waals surface area contributed by atoms with Crippen LogP contribution in [0.25, 0.3) is 22.3 Å². The number of nitrogens with zero attached hydrogens (tertiary/aromatic N) is 9. The molecule has 0 bridgehead atoms. The number of ether oxygens (including phenoxy) is 4. The fraction of sp³-hybridized carbons (Fsp3) is 0.150. The number of halogens is 2. The maximum Gasteiger partial charge on any atom is 0.272 e. The molecule has 4 aromatic heterocycles. The van der Waals surface area contributed by atoms with Crippen molar-refractivity contribution in [1.29, 1.82) is 5.41 Å². The first kappa shape index (κ1) is 42.5. The lowest BCUT2D eigenvalue weighted by Crippen LogP contribution is -2.14. The molecule has 0 unspecified atom stereocenters. The second kappa shape index (κ2) is 18.1. The number of nitrogens with two attached hydrogens (primary N) is 1. The van der Waals surface area contributed by atoms with E-state index in [0.717, 1.165) is 18.7 Å². The molecular formula is C40H30Br2N12O8S2. The number of anilines is 1. The van der Waals surface area contributed by atoms with Gasteiger partial charge in [-0.15, -0.1) is 0 Å². The molecule has 2 aliphatic heterocycles. The van der Waals surface area contributed by atoms with Gasteiger partial charge in [0.15, 0.2) is 61.4 Å². The lowest BCUT2D eigenvalue weighted by atomic mass is 10.1. The standard InChI is InChI=1S/2C20H15BrN6O4S/c21-12-7-14-15(31-10-30-14)8-16(12)32-20-24-17-18(22)23-9-26(19(17)25-20)6-5-11-3-1-2-4-13(11)27(28)29;21-12-7-14-15(31-10-30-14)8-16(12)32-20-25-17-18(22)23-9-24-19(17)26(20)6-5-11-3-1-2-4-13(11)27(28)29/h1-4,7-9,22H,5-6,10H2,(H,24,25);1-4,7-9H,5-6,10H2,(H2,22,23,24). The number of nitrogens with one attached hydrogen (secondary N) is 2. The SMILES string of the molecule is N=c1ncn(CCc2ccccc2[N+](=O)[O-])c2nc(Sc3cc4c(cc3Br)OCO4)[nH]c12.Nc1ncnc2c1nc(Sc1cc3c(cc1Br)OCO3)n2CCc1ccccc1[N+](=O)[O-]. The molecule has 4 aromatic carbocycles. The van der Waals surface area contributed by atoms with Gasteiger partial charge in [0.1, 0.15) is 11.8 Å². The van der Waals surface area contributed by atoms with Gasteiger partial charge in [-0.3, -0.25) is 25.6 Å². The first-order chi connectivity index (χ1) is 31.0. The Kier molecular flexibility index (Phi) is 12.1. The molecule has 20 nitrogen and oxygen atoms in total. The van der Waals surface area contributed by atoms with Crippen LogP contribution in [0.4, 0.5) is 17.2 Å². The molecule has 2 aliphatic rings. The minimum absolute atomic E-state index is 0.0750. The highest BCUT2D eigenvalue weighted by atomic mass is 79.9. The highest BCUT2D eigenvalue weighted by Gasteiger charge is 2.23. The molecule has 8 aromatic rings. The van der Waals surface area contributed by atoms with E-state index in [1.165, 1.54) is 48.3 Å². The molecule has 6 heterocycles. The molecule has 324 valence electrons. The van der Waals surface area contributed by atoms with Crippen LogP contribution in [-0.2, 0) is 25.9 Å². The van der Waals surface area contributed by atoms with Gasteiger partial charge in [-0.1, -0.05) is 59.9 Å². The van der Waals surface area contributed by atoms with Gasteiger partial charge < -0.3 is 38.8 Å². The molecule has 0 fully saturated rings. The molecule has 0 saturated heterocycles. The predicted octanol–water partition coefficient (Wildman–Crippen LogP) is 8.23. The minimum atomic E-state index is -0.382. The zero-order chi connectivity index (χ0) is 44.5. The van der Waals surface area contributed by atoms with Crippen LogP contribution in [0.15, 0.2) is 115 Å². The second-order valence-electron chi connectivity index (χ2n) is 13.8. The van der Waals surface area contributed by atoms with Crippen LogP contribution < -0.4 is 30.2 Å². The largest absolute Gasteiger partial charge is 0.454 e. The number of rotatable bonds is 12. The van der Waals surface area contributed by atoms with Crippen LogP contribution >= 0.6 is 55.4 Å². The van der Waals surface area contributed by atoms with Crippen LogP contribution in [-0.4, -0.2) is 62.5 Å². The van der Waals surface area contributed by atoms with Crippen molar-refractivity contribution in [3.05, 3.63) is 131 Å². The van der Waals surface area contributed by atoms with E-state index in [0.29, 0.717) is 92.7 Å². The fourth-order valence-corrected chi connectivity index (χ4v) is 9.71. The third kappa shape index (κ3) is 8.76. The summed E-state index contributed by atoms with van der Waals surface area (Å²) in [5, 5.41) is 32.0. The molecule has 10 rings (SSSR count). The number of para-hydroxylation sites is 2. The molecule has 0 amide bonds. The zero-order valence-electron chi connectivity index (χ0n) is 32.8. The Hall–Kier alpha value is -6.76. The van der Waals surface area contributed by atoms with Crippen molar-refractivity contribution < 1.29 is 28.8 Å². The van der Waals surface area contributed by atoms with Crippen LogP contribution in [0.1, 0.15) is 11.1 Å². The average molecular weight is 1030 g/mol. The van der Waals surface area contributed by atoms with Crippen molar-refractivity contribution in [1.82, 2.24) is 39.0 Å². The molecule has 0 spiro atoms. The summed E-state index contributed by atoms with van der Waals surface area (Å²) in [5.74, 6) is 2.93. The summed E-state index contributed by atoms with van der Waals surface area (Å²) < 4.78 is 27.1. The van der Waals surface area contributed by atoms with Gasteiger partial charge in [-0.25, -0.2) is 24.9 Å². The van der Waals surface area contributed by atoms with Gasteiger partial charge in [0.2, 0.25) is 13.6 Å². The number of hydrogen-bond donors (Lipinski definition) is 3. The number of aromatic nitrogens is 8. The predicted molar refractivity (Wildman–Crippen MR) is 240 cm³/mol. The van der Waals surface area contributed by atoms with E-state index in [-0.39, 0.29) is 46.1 Å². The van der Waals surface area contributed by atoms with Crippen LogP contribution in [0, 0.1) is 25.6 Å². The Balaban J connectivity index is 0.000000162. The Morgan fingerprint density at radius 1 is 0.750 bits per heavy atom. The highest BCUT2D eigenvalue weighted by molar-refractivity contribution is 9.10. The van der Waals surface area contributed by atoms with Gasteiger partial charge in [-0.2, -0.15) is 0 Å². The van der Waals surface area contributed by atoms with E-state index in [1.54, 1.807) is 41.0 Å². The van der Waals surface area contributed by atoms with E-state index in [9.17, 15) is 20.2 Å². The smallest absolute Gasteiger partial charge is 0.272 e. The Morgan fingerprint density at radius 3 is 1.92 bits per heavy atom. The second-order valence-corrected chi connectivity index (χ2v) is 17.5. The van der Waals surface area contributed by atoms with Gasteiger partial charge in [0.05, 0.1) is 16.2 Å². The number of imidazole rings is 2. The van der Waals surface area contributed by atoms with Crippen molar-refractivity contribution in [2.75, 3.05) is 19.3 Å². The normalized spacial score (nSPS) is 12.4. The summed E-state index contributed by atoms with van der Waals surface area (Å²) in [4.78, 5) is 48.7. The summed E-state index contributed by atoms with van der Waals surface area (Å²) in [6.07, 6.45) is 3.76. The zero-order valence-corrected chi connectivity index (χ0v) is 37.6. The first-order valence-electron chi connectivity index (χ1n) is 19.0. The molecule has 64 heavy (non-hydrogen) atoms. The summed E-state index contributed by atoms with van der Waals surface area (Å²) in [7, 11) is 0. The quantitative estimate of drug-likeness (QED) is 0.0768. The summed E-state index contributed by atoms with van der Waals surface area (Å²) in [5.41, 5.74) is 9.63. The molecule has 24 heteroatoms. The first-order valence-corrected chi connectivity index (χ1v) is 22.2. The number of benzene rings is 4. The van der Waals surface area contributed by atoms with Gasteiger partial charge >= 0.3 is 0 Å². The lowest BCUT2D eigenvalue weighted by Gasteiger charge is -2.10. The summed E-state index contributed by atoms with van der Waals surface area (Å²) in [6.45, 7) is 1.21. The monoisotopic (exact) mass is 1030 g/mol. The molecule has 0 saturated carbocycles. The molecule has 0 atom stereocenters. The van der Waals surface area contributed by atoms with Crippen molar-refractivity contribution >= 4 is 94.9 Å². The number of nitro benzene ring substituents is 2. The van der Waals surface area contributed by atoms with Crippen LogP contribution in [0.3, 0.4) is 0 Å². The van der Waals surface area contributed by atoms with E-state index in [1.807, 2.05) is 28.8 Å². The number of nitro groups is 2. The Bertz CT molecular complexity index is 3200. The van der Waals surface area contributed by atoms with Crippen molar-refractivity contribution in [2.45, 2.75) is 46.0 Å². The van der Waals surface area contributed by atoms with Crippen molar-refractivity contribution in [2.24, 2.45) is 0 Å². The van der Waals surface area contributed by atoms with E-state index in [4.69, 9.17) is 30.1 Å².